The Hall–Kier alpha value is -4.56. The molecular formula is C26H23F3N6O5. The molecule has 4 aromatic rings. The van der Waals surface area contributed by atoms with Crippen LogP contribution in [-0.2, 0) is 15.8 Å². The fourth-order valence-electron chi connectivity index (χ4n) is 4.22. The average molecular weight is 557 g/mol. The van der Waals surface area contributed by atoms with Gasteiger partial charge in [0.25, 0.3) is 11.8 Å². The second-order valence-electron chi connectivity index (χ2n) is 9.25. The lowest BCUT2D eigenvalue weighted by molar-refractivity contribution is -0.137. The lowest BCUT2D eigenvalue weighted by Crippen LogP contribution is -2.58. The Morgan fingerprint density at radius 1 is 1.05 bits per heavy atom. The van der Waals surface area contributed by atoms with E-state index >= 15 is 0 Å². The Bertz CT molecular complexity index is 1500. The number of alkyl halides is 3. The number of aromatic nitrogens is 3. The van der Waals surface area contributed by atoms with Crippen molar-refractivity contribution in [3.05, 3.63) is 65.7 Å². The predicted molar refractivity (Wildman–Crippen MR) is 133 cm³/mol. The number of aliphatic hydroxyl groups excluding tert-OH is 1. The van der Waals surface area contributed by atoms with E-state index in [2.05, 4.69) is 25.9 Å². The summed E-state index contributed by atoms with van der Waals surface area (Å²) in [6, 6.07) is 13.5. The first kappa shape index (κ1) is 27.0. The maximum atomic E-state index is 13.9. The number of rotatable bonds is 8. The highest BCUT2D eigenvalue weighted by Gasteiger charge is 2.43. The van der Waals surface area contributed by atoms with Crippen LogP contribution in [0.3, 0.4) is 0 Å². The van der Waals surface area contributed by atoms with Crippen LogP contribution in [0.2, 0.25) is 0 Å². The van der Waals surface area contributed by atoms with Gasteiger partial charge in [0.15, 0.2) is 6.10 Å². The third-order valence-corrected chi connectivity index (χ3v) is 6.23. The Kier molecular flexibility index (Phi) is 7.36. The van der Waals surface area contributed by atoms with Gasteiger partial charge in [-0.2, -0.15) is 18.2 Å². The summed E-state index contributed by atoms with van der Waals surface area (Å²) in [6.45, 7) is 1.17. The standard InChI is InChI=1S/C26H23F3N6O5/c1-35-12-17(13-35)31-18(36)11-30-24(38)21(37)15-7-9-16(10-8-15)23-32-25(40-34-23)22-19(26(27,28)29)20(33-39-22)14-5-3-2-4-6-14/h2-10,17,21,37H,11-13H2,1H3,(H,30,38)(H,31,36). The molecule has 3 N–H and O–H groups in total. The van der Waals surface area contributed by atoms with Crippen molar-refractivity contribution in [1.82, 2.24) is 30.8 Å². The first-order valence-electron chi connectivity index (χ1n) is 12.1. The van der Waals surface area contributed by atoms with Gasteiger partial charge >= 0.3 is 6.18 Å². The number of carbonyl (C=O) groups is 2. The highest BCUT2D eigenvalue weighted by atomic mass is 19.4. The molecule has 1 aliphatic rings. The molecule has 1 unspecified atom stereocenters. The Labute approximate surface area is 225 Å². The number of nitrogens with zero attached hydrogens (tertiary/aromatic N) is 4. The van der Waals surface area contributed by atoms with E-state index in [-0.39, 0.29) is 35.4 Å². The minimum Gasteiger partial charge on any atom is -0.378 e. The smallest absolute Gasteiger partial charge is 0.378 e. The zero-order valence-electron chi connectivity index (χ0n) is 21.0. The van der Waals surface area contributed by atoms with Crippen molar-refractivity contribution in [2.24, 2.45) is 0 Å². The molecule has 1 saturated heterocycles. The van der Waals surface area contributed by atoms with E-state index in [9.17, 15) is 27.9 Å². The van der Waals surface area contributed by atoms with Crippen molar-refractivity contribution in [3.8, 4) is 34.3 Å². The molecule has 1 fully saturated rings. The molecule has 2 aromatic heterocycles. The van der Waals surface area contributed by atoms with Crippen LogP contribution in [0.1, 0.15) is 17.2 Å². The molecule has 3 heterocycles. The maximum absolute atomic E-state index is 13.9. The maximum Gasteiger partial charge on any atom is 0.422 e. The summed E-state index contributed by atoms with van der Waals surface area (Å²) in [5, 5.41) is 22.8. The molecule has 1 atom stereocenters. The predicted octanol–water partition coefficient (Wildman–Crippen LogP) is 2.66. The molecule has 2 aromatic carbocycles. The van der Waals surface area contributed by atoms with Gasteiger partial charge in [-0.1, -0.05) is 64.9 Å². The quantitative estimate of drug-likeness (QED) is 0.298. The molecule has 2 amide bonds. The molecule has 0 spiro atoms. The molecule has 40 heavy (non-hydrogen) atoms. The first-order valence-corrected chi connectivity index (χ1v) is 12.1. The highest BCUT2D eigenvalue weighted by molar-refractivity contribution is 5.87. The number of hydrogen-bond acceptors (Lipinski definition) is 9. The monoisotopic (exact) mass is 556 g/mol. The summed E-state index contributed by atoms with van der Waals surface area (Å²) < 4.78 is 51.9. The summed E-state index contributed by atoms with van der Waals surface area (Å²) in [6.07, 6.45) is -6.38. The third kappa shape index (κ3) is 5.72. The van der Waals surface area contributed by atoms with E-state index in [1.54, 1.807) is 18.2 Å². The molecule has 0 aliphatic carbocycles. The number of hydrogen-bond donors (Lipinski definition) is 3. The summed E-state index contributed by atoms with van der Waals surface area (Å²) in [4.78, 5) is 30.3. The third-order valence-electron chi connectivity index (χ3n) is 6.23. The molecule has 208 valence electrons. The van der Waals surface area contributed by atoms with Gasteiger partial charge in [0.2, 0.25) is 17.5 Å². The fourth-order valence-corrected chi connectivity index (χ4v) is 4.22. The van der Waals surface area contributed by atoms with E-state index < -0.39 is 41.1 Å². The summed E-state index contributed by atoms with van der Waals surface area (Å²) >= 11 is 0. The van der Waals surface area contributed by atoms with E-state index in [0.717, 1.165) is 13.1 Å². The van der Waals surface area contributed by atoms with Crippen LogP contribution in [0.4, 0.5) is 13.2 Å². The van der Waals surface area contributed by atoms with E-state index in [4.69, 9.17) is 9.05 Å². The number of carbonyl (C=O) groups excluding carboxylic acids is 2. The van der Waals surface area contributed by atoms with Gasteiger partial charge in [-0.3, -0.25) is 9.59 Å². The molecule has 5 rings (SSSR count). The minimum absolute atomic E-state index is 0.0348. The van der Waals surface area contributed by atoms with Crippen LogP contribution in [-0.4, -0.2) is 69.8 Å². The summed E-state index contributed by atoms with van der Waals surface area (Å²) in [7, 11) is 1.92. The van der Waals surface area contributed by atoms with Gasteiger partial charge in [0.05, 0.1) is 12.6 Å². The molecule has 0 saturated carbocycles. The second-order valence-corrected chi connectivity index (χ2v) is 9.25. The number of amides is 2. The van der Waals surface area contributed by atoms with Gasteiger partial charge in [-0.05, 0) is 12.6 Å². The van der Waals surface area contributed by atoms with Gasteiger partial charge in [0.1, 0.15) is 11.3 Å². The lowest BCUT2D eigenvalue weighted by Gasteiger charge is -2.36. The van der Waals surface area contributed by atoms with E-state index in [1.807, 2.05) is 11.9 Å². The first-order chi connectivity index (χ1) is 19.1. The van der Waals surface area contributed by atoms with Crippen LogP contribution in [0.25, 0.3) is 34.3 Å². The normalized spacial score (nSPS) is 14.9. The number of halogens is 3. The molecular weight excluding hydrogens is 533 g/mol. The Balaban J connectivity index is 1.27. The van der Waals surface area contributed by atoms with Crippen LogP contribution >= 0.6 is 0 Å². The van der Waals surface area contributed by atoms with Crippen LogP contribution in [0.15, 0.2) is 63.6 Å². The Morgan fingerprint density at radius 2 is 1.75 bits per heavy atom. The molecule has 0 radical (unpaired) electrons. The summed E-state index contributed by atoms with van der Waals surface area (Å²) in [5.41, 5.74) is -0.796. The molecule has 1 aliphatic heterocycles. The number of likely N-dealkylation sites (N-methyl/N-ethyl adjacent to an activating group) is 1. The fraction of sp³-hybridized carbons (Fsp3) is 0.269. The van der Waals surface area contributed by atoms with Crippen molar-refractivity contribution in [2.45, 2.75) is 18.3 Å². The molecule has 11 nitrogen and oxygen atoms in total. The van der Waals surface area contributed by atoms with Crippen molar-refractivity contribution < 1.29 is 36.9 Å². The van der Waals surface area contributed by atoms with Crippen molar-refractivity contribution in [3.63, 3.8) is 0 Å². The number of aliphatic hydroxyl groups is 1. The number of benzene rings is 2. The topological polar surface area (TPSA) is 147 Å². The minimum atomic E-state index is -4.82. The number of likely N-dealkylation sites (tertiary alicyclic amines) is 1. The lowest BCUT2D eigenvalue weighted by atomic mass is 10.1. The van der Waals surface area contributed by atoms with E-state index in [0.29, 0.717) is 5.56 Å². The zero-order valence-corrected chi connectivity index (χ0v) is 21.0. The van der Waals surface area contributed by atoms with Gasteiger partial charge in [0, 0.05) is 24.2 Å². The van der Waals surface area contributed by atoms with Crippen LogP contribution in [0, 0.1) is 0 Å². The largest absolute Gasteiger partial charge is 0.422 e. The second kappa shape index (κ2) is 10.9. The SMILES string of the molecule is CN1CC(NC(=O)CNC(=O)C(O)c2ccc(-c3noc(-c4onc(-c5ccccc5)c4C(F)(F)F)n3)cc2)C1. The number of nitrogens with one attached hydrogen (secondary N) is 2. The van der Waals surface area contributed by atoms with Gasteiger partial charge in [-0.25, -0.2) is 0 Å². The highest BCUT2D eigenvalue weighted by Crippen LogP contribution is 2.43. The van der Waals surface area contributed by atoms with Gasteiger partial charge < -0.3 is 29.7 Å². The molecule has 14 heteroatoms. The average Bonchev–Trinajstić information content (AvgIpc) is 3.59. The van der Waals surface area contributed by atoms with Crippen molar-refractivity contribution >= 4 is 11.8 Å². The summed E-state index contributed by atoms with van der Waals surface area (Å²) in [5.74, 6) is -2.42. The van der Waals surface area contributed by atoms with Gasteiger partial charge in [-0.15, -0.1) is 0 Å². The van der Waals surface area contributed by atoms with Crippen molar-refractivity contribution in [2.75, 3.05) is 26.7 Å². The van der Waals surface area contributed by atoms with Crippen molar-refractivity contribution in [1.29, 1.82) is 0 Å². The zero-order chi connectivity index (χ0) is 28.4. The van der Waals surface area contributed by atoms with Crippen LogP contribution < -0.4 is 10.6 Å². The van der Waals surface area contributed by atoms with Crippen LogP contribution in [0.5, 0.6) is 0 Å². The Morgan fingerprint density at radius 3 is 2.40 bits per heavy atom. The van der Waals surface area contributed by atoms with E-state index in [1.165, 1.54) is 36.4 Å². The molecule has 0 bridgehead atoms.